The number of fused-ring (bicyclic) bond motifs is 2. The smallest absolute Gasteiger partial charge is 0.141 e. The molecule has 2 nitrogen and oxygen atoms in total. The summed E-state index contributed by atoms with van der Waals surface area (Å²) < 4.78 is 1.19. The van der Waals surface area contributed by atoms with Crippen LogP contribution in [0.25, 0.3) is 21.5 Å². The van der Waals surface area contributed by atoms with Gasteiger partial charge in [0.05, 0.1) is 14.4 Å². The molecule has 0 unspecified atom stereocenters. The van der Waals surface area contributed by atoms with Crippen LogP contribution in [0.2, 0.25) is 0 Å². The van der Waals surface area contributed by atoms with Crippen molar-refractivity contribution in [3.05, 3.63) is 51.7 Å². The topological polar surface area (TPSA) is 23.5 Å². The maximum absolute atomic E-state index is 10.6. The third-order valence-electron chi connectivity index (χ3n) is 3.55. The van der Waals surface area contributed by atoms with Crippen LogP contribution in [0.4, 0.5) is 0 Å². The van der Waals surface area contributed by atoms with Gasteiger partial charge < -0.3 is 10.0 Å². The molecular weight excluding hydrogens is 286 g/mol. The summed E-state index contributed by atoms with van der Waals surface area (Å²) in [4.78, 5) is 3.24. The molecule has 0 radical (unpaired) electrons. The van der Waals surface area contributed by atoms with E-state index in [-0.39, 0.29) is 0 Å². The lowest BCUT2D eigenvalue weighted by atomic mass is 10.1. The molecule has 2 aromatic rings. The molecule has 0 saturated carbocycles. The van der Waals surface area contributed by atoms with E-state index in [0.29, 0.717) is 5.75 Å². The molecule has 0 spiro atoms. The first-order chi connectivity index (χ1) is 9.84. The van der Waals surface area contributed by atoms with Crippen molar-refractivity contribution in [1.29, 1.82) is 0 Å². The number of hydrogen-bond acceptors (Lipinski definition) is 4. The summed E-state index contributed by atoms with van der Waals surface area (Å²) in [5.74, 6) is 0.429. The highest BCUT2D eigenvalue weighted by Gasteiger charge is 2.20. The predicted octanol–water partition coefficient (Wildman–Crippen LogP) is 2.89. The summed E-state index contributed by atoms with van der Waals surface area (Å²) >= 11 is 3.42. The maximum Gasteiger partial charge on any atom is 0.141 e. The van der Waals surface area contributed by atoms with Gasteiger partial charge in [0.1, 0.15) is 5.75 Å². The fourth-order valence-corrected chi connectivity index (χ4v) is 4.85. The van der Waals surface area contributed by atoms with Gasteiger partial charge in [-0.05, 0) is 17.4 Å². The molecule has 4 heteroatoms. The zero-order chi connectivity index (χ0) is 13.5. The minimum Gasteiger partial charge on any atom is -0.506 e. The third kappa shape index (κ3) is 1.79. The molecule has 4 rings (SSSR count). The molecular formula is C16H13NOS2. The van der Waals surface area contributed by atoms with Crippen LogP contribution in [-0.4, -0.2) is 16.6 Å². The van der Waals surface area contributed by atoms with Gasteiger partial charge >= 0.3 is 0 Å². The van der Waals surface area contributed by atoms with Gasteiger partial charge in [-0.1, -0.05) is 48.2 Å². The number of thiophene rings is 1. The van der Waals surface area contributed by atoms with Crippen molar-refractivity contribution in [1.82, 2.24) is 4.90 Å². The lowest BCUT2D eigenvalue weighted by molar-refractivity contribution is 0.475. The molecule has 0 fully saturated rings. The second-order valence-electron chi connectivity index (χ2n) is 4.78. The predicted molar refractivity (Wildman–Crippen MR) is 86.6 cm³/mol. The van der Waals surface area contributed by atoms with E-state index >= 15 is 0 Å². The van der Waals surface area contributed by atoms with Crippen LogP contribution < -0.4 is 9.75 Å². The molecule has 20 heavy (non-hydrogen) atoms. The van der Waals surface area contributed by atoms with Gasteiger partial charge in [0.15, 0.2) is 0 Å². The largest absolute Gasteiger partial charge is 0.506 e. The number of rotatable bonds is 1. The van der Waals surface area contributed by atoms with Crippen molar-refractivity contribution >= 4 is 34.2 Å². The number of nitrogens with zero attached hydrogens (tertiary/aromatic N) is 1. The molecule has 2 aliphatic rings. The normalized spacial score (nSPS) is 16.6. The van der Waals surface area contributed by atoms with Gasteiger partial charge in [0.25, 0.3) is 0 Å². The standard InChI is InChI=1S/C16H13NOS2/c18-13-12-7-4-8-17-9-10-19-16(17)15(12)20-14(13)11-5-2-1-3-6-11/h1-3,5-7,9-10,18H,4,8H2. The Kier molecular flexibility index (Phi) is 2.86. The quantitative estimate of drug-likeness (QED) is 0.876. The highest BCUT2D eigenvalue weighted by atomic mass is 32.2. The maximum atomic E-state index is 10.6. The highest BCUT2D eigenvalue weighted by Crippen LogP contribution is 2.34. The Balaban J connectivity index is 2.02. The number of thioether (sulfide) groups is 1. The summed E-state index contributed by atoms with van der Waals surface area (Å²) in [6, 6.07) is 10.1. The van der Waals surface area contributed by atoms with Crippen molar-refractivity contribution in [2.75, 3.05) is 6.54 Å². The summed E-state index contributed by atoms with van der Waals surface area (Å²) in [6.07, 6.45) is 5.25. The van der Waals surface area contributed by atoms with Crippen LogP contribution in [0.5, 0.6) is 5.75 Å². The van der Waals surface area contributed by atoms with Crippen molar-refractivity contribution < 1.29 is 5.11 Å². The fourth-order valence-electron chi connectivity index (χ4n) is 2.58. The van der Waals surface area contributed by atoms with Crippen molar-refractivity contribution in [3.8, 4) is 16.2 Å². The molecule has 0 amide bonds. The second kappa shape index (κ2) is 4.72. The molecule has 3 heterocycles. The summed E-state index contributed by atoms with van der Waals surface area (Å²) in [5, 5.41) is 15.0. The van der Waals surface area contributed by atoms with Crippen molar-refractivity contribution in [2.45, 2.75) is 6.42 Å². The highest BCUT2D eigenvalue weighted by molar-refractivity contribution is 8.10. The van der Waals surface area contributed by atoms with E-state index in [4.69, 9.17) is 0 Å². The zero-order valence-corrected chi connectivity index (χ0v) is 12.4. The van der Waals surface area contributed by atoms with E-state index in [9.17, 15) is 5.11 Å². The van der Waals surface area contributed by atoms with Crippen LogP contribution in [0.1, 0.15) is 6.42 Å². The Morgan fingerprint density at radius 1 is 1.15 bits per heavy atom. The molecule has 0 bridgehead atoms. The summed E-state index contributed by atoms with van der Waals surface area (Å²) in [5.41, 5.74) is 1.08. The third-order valence-corrected chi connectivity index (χ3v) is 5.85. The Bertz CT molecular complexity index is 805. The van der Waals surface area contributed by atoms with Crippen LogP contribution in [0.3, 0.4) is 0 Å². The Hall–Kier alpha value is -1.65. The SMILES string of the molecule is Oc1c(-c2ccccc2)sc2c1=CCCN1C=CSC=21. The average molecular weight is 299 g/mol. The Morgan fingerprint density at radius 3 is 2.85 bits per heavy atom. The average Bonchev–Trinajstić information content (AvgIpc) is 3.02. The minimum atomic E-state index is 0.429. The van der Waals surface area contributed by atoms with Crippen molar-refractivity contribution in [2.24, 2.45) is 0 Å². The molecule has 0 atom stereocenters. The minimum absolute atomic E-state index is 0.429. The summed E-state index contributed by atoms with van der Waals surface area (Å²) in [7, 11) is 0. The lowest BCUT2D eigenvalue weighted by Gasteiger charge is -2.14. The van der Waals surface area contributed by atoms with Crippen molar-refractivity contribution in [3.63, 3.8) is 0 Å². The van der Waals surface area contributed by atoms with Gasteiger partial charge in [-0.25, -0.2) is 0 Å². The summed E-state index contributed by atoms with van der Waals surface area (Å²) in [6.45, 7) is 0.986. The van der Waals surface area contributed by atoms with E-state index in [2.05, 4.69) is 22.6 Å². The van der Waals surface area contributed by atoms with Gasteiger partial charge in [0.2, 0.25) is 0 Å². The van der Waals surface area contributed by atoms with E-state index in [1.54, 1.807) is 23.1 Å². The molecule has 2 aliphatic heterocycles. The monoisotopic (exact) mass is 299 g/mol. The molecule has 1 N–H and O–H groups in total. The molecule has 1 aromatic heterocycles. The number of benzene rings is 1. The first kappa shape index (κ1) is 12.1. The van der Waals surface area contributed by atoms with Crippen LogP contribution >= 0.6 is 23.1 Å². The van der Waals surface area contributed by atoms with E-state index < -0.39 is 0 Å². The Morgan fingerprint density at radius 2 is 2.00 bits per heavy atom. The molecule has 100 valence electrons. The van der Waals surface area contributed by atoms with Gasteiger partial charge in [-0.2, -0.15) is 0 Å². The van der Waals surface area contributed by atoms with Crippen LogP contribution in [0, 0.1) is 0 Å². The van der Waals surface area contributed by atoms with Crippen LogP contribution in [-0.2, 0) is 0 Å². The van der Waals surface area contributed by atoms with Gasteiger partial charge in [-0.3, -0.25) is 0 Å². The van der Waals surface area contributed by atoms with Gasteiger partial charge in [-0.15, -0.1) is 11.3 Å². The van der Waals surface area contributed by atoms with E-state index in [1.807, 2.05) is 30.3 Å². The number of hydrogen-bond donors (Lipinski definition) is 1. The van der Waals surface area contributed by atoms with Gasteiger partial charge in [0, 0.05) is 18.0 Å². The van der Waals surface area contributed by atoms with Crippen LogP contribution in [0.15, 0.2) is 41.9 Å². The molecule has 0 aliphatic carbocycles. The molecule has 0 saturated heterocycles. The zero-order valence-electron chi connectivity index (χ0n) is 10.7. The van der Waals surface area contributed by atoms with E-state index in [1.165, 1.54) is 9.56 Å². The molecule has 1 aromatic carbocycles. The second-order valence-corrected chi connectivity index (χ2v) is 6.70. The van der Waals surface area contributed by atoms with E-state index in [0.717, 1.165) is 28.6 Å². The fraction of sp³-hybridized carbons (Fsp3) is 0.125. The first-order valence-corrected chi connectivity index (χ1v) is 8.26. The Labute approximate surface area is 125 Å². The first-order valence-electron chi connectivity index (χ1n) is 6.56. The lowest BCUT2D eigenvalue weighted by Crippen LogP contribution is -2.23. The number of aromatic hydroxyl groups is 1.